The van der Waals surface area contributed by atoms with Crippen LogP contribution in [-0.2, 0) is 4.79 Å². The van der Waals surface area contributed by atoms with Crippen LogP contribution < -0.4 is 20.2 Å². The molecule has 0 aliphatic heterocycles. The van der Waals surface area contributed by atoms with Crippen molar-refractivity contribution in [3.05, 3.63) is 83.9 Å². The fourth-order valence-corrected chi connectivity index (χ4v) is 4.13. The summed E-state index contributed by atoms with van der Waals surface area (Å²) in [6, 6.07) is 18.0. The number of hydrogen-bond acceptors (Lipinski definition) is 6. The van der Waals surface area contributed by atoms with Crippen molar-refractivity contribution in [2.24, 2.45) is 5.10 Å². The number of carbonyl (C=O) groups excluding carboxylic acids is 2. The number of carbonyl (C=O) groups is 2. The lowest BCUT2D eigenvalue weighted by Gasteiger charge is -2.27. The van der Waals surface area contributed by atoms with Gasteiger partial charge in [-0.15, -0.1) is 0 Å². The zero-order valence-corrected chi connectivity index (χ0v) is 23.6. The number of nitrogens with one attached hydrogen (secondary N) is 2. The van der Waals surface area contributed by atoms with Gasteiger partial charge >= 0.3 is 23.9 Å². The predicted molar refractivity (Wildman–Crippen MR) is 151 cm³/mol. The number of nitrogens with zero attached hydrogens (tertiary/aromatic N) is 2. The van der Waals surface area contributed by atoms with Crippen molar-refractivity contribution in [3.8, 4) is 22.8 Å². The zero-order chi connectivity index (χ0) is 33.2. The quantitative estimate of drug-likeness (QED) is 0.119. The number of hydrogen-bond donors (Lipinski definition) is 2. The number of halogens is 7. The van der Waals surface area contributed by atoms with Crippen molar-refractivity contribution in [2.45, 2.75) is 24.9 Å². The number of methoxy groups -OCH3 is 2. The fraction of sp³-hybridized carbons (Fsp3) is 0.200. The smallest absolute Gasteiger partial charge is 0.460 e. The molecular formula is C30H23F7N4O4. The lowest BCUT2D eigenvalue weighted by molar-refractivity contribution is -0.343. The first kappa shape index (κ1) is 32.7. The molecule has 0 aliphatic carbocycles. The number of pyridine rings is 1. The Morgan fingerprint density at radius 1 is 0.844 bits per heavy atom. The van der Waals surface area contributed by atoms with Crippen molar-refractivity contribution in [1.29, 1.82) is 0 Å². The van der Waals surface area contributed by atoms with E-state index in [9.17, 15) is 40.3 Å². The summed E-state index contributed by atoms with van der Waals surface area (Å²) in [4.78, 5) is 29.7. The third kappa shape index (κ3) is 6.51. The van der Waals surface area contributed by atoms with Gasteiger partial charge < -0.3 is 14.8 Å². The number of alkyl halides is 7. The van der Waals surface area contributed by atoms with E-state index in [1.54, 1.807) is 42.5 Å². The maximum Gasteiger partial charge on any atom is 0.460 e. The Bertz CT molecular complexity index is 1790. The van der Waals surface area contributed by atoms with Gasteiger partial charge in [0.05, 0.1) is 36.7 Å². The normalized spacial score (nSPS) is 12.5. The number of hydrazone groups is 1. The van der Waals surface area contributed by atoms with E-state index in [1.165, 1.54) is 44.7 Å². The summed E-state index contributed by atoms with van der Waals surface area (Å²) in [7, 11) is 2.96. The zero-order valence-electron chi connectivity index (χ0n) is 23.6. The van der Waals surface area contributed by atoms with Gasteiger partial charge in [-0.1, -0.05) is 30.3 Å². The number of ether oxygens (including phenoxy) is 2. The second kappa shape index (κ2) is 12.4. The molecule has 0 aliphatic rings. The van der Waals surface area contributed by atoms with E-state index in [2.05, 4.69) is 15.5 Å². The summed E-state index contributed by atoms with van der Waals surface area (Å²) in [6.07, 6.45) is -6.67. The SMILES string of the molecule is COc1ccc(OC)c(-c2cc(C(=O)NN=C(C)c3cccc(NC(=O)C(F)(F)C(F)(F)C(F)(F)F)c3)c3ccccc3n2)c1. The van der Waals surface area contributed by atoms with Crippen molar-refractivity contribution in [2.75, 3.05) is 19.5 Å². The van der Waals surface area contributed by atoms with Crippen molar-refractivity contribution in [3.63, 3.8) is 0 Å². The molecule has 4 rings (SSSR count). The Morgan fingerprint density at radius 2 is 1.56 bits per heavy atom. The summed E-state index contributed by atoms with van der Waals surface area (Å²) in [5, 5.41) is 5.85. The van der Waals surface area contributed by atoms with E-state index in [1.807, 2.05) is 0 Å². The van der Waals surface area contributed by atoms with Crippen molar-refractivity contribution < 1.29 is 49.8 Å². The summed E-state index contributed by atoms with van der Waals surface area (Å²) in [5.41, 5.74) is 3.60. The van der Waals surface area contributed by atoms with Crippen LogP contribution in [-0.4, -0.2) is 54.8 Å². The summed E-state index contributed by atoms with van der Waals surface area (Å²) in [5.74, 6) is -15.3. The number of fused-ring (bicyclic) bond motifs is 1. The molecule has 0 spiro atoms. The molecule has 15 heteroatoms. The van der Waals surface area contributed by atoms with Gasteiger partial charge in [0.1, 0.15) is 11.5 Å². The van der Waals surface area contributed by atoms with Crippen LogP contribution in [0.5, 0.6) is 11.5 Å². The minimum atomic E-state index is -6.67. The van der Waals surface area contributed by atoms with Gasteiger partial charge in [-0.2, -0.15) is 35.8 Å². The van der Waals surface area contributed by atoms with Crippen LogP contribution in [0.2, 0.25) is 0 Å². The molecule has 0 saturated carbocycles. The van der Waals surface area contributed by atoms with Crippen LogP contribution >= 0.6 is 0 Å². The summed E-state index contributed by atoms with van der Waals surface area (Å²) < 4.78 is 102. The van der Waals surface area contributed by atoms with Crippen LogP contribution in [0.25, 0.3) is 22.2 Å². The molecule has 0 fully saturated rings. The highest BCUT2D eigenvalue weighted by molar-refractivity contribution is 6.08. The fourth-order valence-electron chi connectivity index (χ4n) is 4.13. The minimum Gasteiger partial charge on any atom is -0.497 e. The predicted octanol–water partition coefficient (Wildman–Crippen LogP) is 6.84. The van der Waals surface area contributed by atoms with Crippen LogP contribution in [0.15, 0.2) is 77.9 Å². The van der Waals surface area contributed by atoms with Crippen molar-refractivity contribution in [1.82, 2.24) is 10.4 Å². The number of benzene rings is 3. The van der Waals surface area contributed by atoms with E-state index in [-0.39, 0.29) is 16.8 Å². The van der Waals surface area contributed by atoms with E-state index >= 15 is 0 Å². The van der Waals surface area contributed by atoms with Gasteiger partial charge in [0, 0.05) is 16.6 Å². The first-order chi connectivity index (χ1) is 21.1. The van der Waals surface area contributed by atoms with Gasteiger partial charge in [0.25, 0.3) is 5.91 Å². The lowest BCUT2D eigenvalue weighted by atomic mass is 10.0. The van der Waals surface area contributed by atoms with Gasteiger partial charge in [0.2, 0.25) is 0 Å². The number of aromatic nitrogens is 1. The molecular weight excluding hydrogens is 613 g/mol. The molecule has 0 unspecified atom stereocenters. The maximum atomic E-state index is 13.8. The number of amides is 2. The van der Waals surface area contributed by atoms with E-state index in [0.29, 0.717) is 33.7 Å². The molecule has 0 atom stereocenters. The Kier molecular flexibility index (Phi) is 9.02. The third-order valence-electron chi connectivity index (χ3n) is 6.54. The van der Waals surface area contributed by atoms with Crippen molar-refractivity contribution >= 4 is 34.1 Å². The Balaban J connectivity index is 1.61. The Morgan fingerprint density at radius 3 is 2.22 bits per heavy atom. The van der Waals surface area contributed by atoms with Crippen LogP contribution in [0.3, 0.4) is 0 Å². The molecule has 1 heterocycles. The second-order valence-electron chi connectivity index (χ2n) is 9.46. The molecule has 0 radical (unpaired) electrons. The number of anilines is 1. The first-order valence-corrected chi connectivity index (χ1v) is 12.8. The molecule has 45 heavy (non-hydrogen) atoms. The molecule has 4 aromatic rings. The van der Waals surface area contributed by atoms with Crippen LogP contribution in [0.1, 0.15) is 22.8 Å². The highest BCUT2D eigenvalue weighted by atomic mass is 19.4. The summed E-state index contributed by atoms with van der Waals surface area (Å²) in [6.45, 7) is 1.39. The molecule has 0 saturated heterocycles. The van der Waals surface area contributed by atoms with E-state index < -0.39 is 35.5 Å². The Hall–Kier alpha value is -5.21. The molecule has 0 bridgehead atoms. The molecule has 2 N–H and O–H groups in total. The number of rotatable bonds is 9. The monoisotopic (exact) mass is 636 g/mol. The van der Waals surface area contributed by atoms with E-state index in [0.717, 1.165) is 12.1 Å². The van der Waals surface area contributed by atoms with Gasteiger partial charge in [-0.05, 0) is 55.0 Å². The third-order valence-corrected chi connectivity index (χ3v) is 6.54. The first-order valence-electron chi connectivity index (χ1n) is 12.8. The standard InChI is InChI=1S/C30H23F7N4O4/c1-16(17-7-6-8-18(13-17)38-27(43)28(31,32)29(33,34)30(35,36)37)40-41-26(42)21-15-24(39-23-10-5-4-9-20(21)23)22-14-19(44-2)11-12-25(22)45-3/h4-15H,1-3H3,(H,38,43)(H,41,42). The van der Waals surface area contributed by atoms with Gasteiger partial charge in [0.15, 0.2) is 0 Å². The molecule has 2 amide bonds. The molecule has 8 nitrogen and oxygen atoms in total. The highest BCUT2D eigenvalue weighted by Crippen LogP contribution is 2.47. The Labute approximate surface area is 250 Å². The second-order valence-corrected chi connectivity index (χ2v) is 9.46. The summed E-state index contributed by atoms with van der Waals surface area (Å²) >= 11 is 0. The maximum absolute atomic E-state index is 13.8. The minimum absolute atomic E-state index is 0.0693. The van der Waals surface area contributed by atoms with Gasteiger partial charge in [-0.25, -0.2) is 10.4 Å². The van der Waals surface area contributed by atoms with Gasteiger partial charge in [-0.3, -0.25) is 9.59 Å². The highest BCUT2D eigenvalue weighted by Gasteiger charge is 2.76. The lowest BCUT2D eigenvalue weighted by Crippen LogP contribution is -2.57. The average molecular weight is 637 g/mol. The molecule has 3 aromatic carbocycles. The largest absolute Gasteiger partial charge is 0.497 e. The van der Waals surface area contributed by atoms with Crippen LogP contribution in [0, 0.1) is 0 Å². The number of para-hydroxylation sites is 1. The van der Waals surface area contributed by atoms with E-state index in [4.69, 9.17) is 9.47 Å². The van der Waals surface area contributed by atoms with Crippen LogP contribution in [0.4, 0.5) is 36.4 Å². The topological polar surface area (TPSA) is 102 Å². The average Bonchev–Trinajstić information content (AvgIpc) is 3.01. The molecule has 236 valence electrons. The molecule has 1 aromatic heterocycles.